The lowest BCUT2D eigenvalue weighted by atomic mass is 9.92. The number of hydrogen-bond donors (Lipinski definition) is 1. The zero-order chi connectivity index (χ0) is 11.5. The van der Waals surface area contributed by atoms with Crippen LogP contribution in [-0.4, -0.2) is 30.7 Å². The molecule has 0 aliphatic carbocycles. The summed E-state index contributed by atoms with van der Waals surface area (Å²) in [5.41, 5.74) is 1.45. The fourth-order valence-corrected chi connectivity index (χ4v) is 2.99. The van der Waals surface area contributed by atoms with E-state index in [0.29, 0.717) is 12.0 Å². The van der Waals surface area contributed by atoms with E-state index in [1.54, 1.807) is 0 Å². The number of rotatable bonds is 3. The van der Waals surface area contributed by atoms with E-state index < -0.39 is 0 Å². The van der Waals surface area contributed by atoms with Crippen LogP contribution in [0.4, 0.5) is 0 Å². The molecule has 1 aromatic carbocycles. The van der Waals surface area contributed by atoms with Crippen molar-refractivity contribution in [3.63, 3.8) is 0 Å². The fraction of sp³-hybridized carbons (Fsp3) is 0.571. The molecular formula is C14H19NOS. The van der Waals surface area contributed by atoms with Crippen molar-refractivity contribution < 1.29 is 4.74 Å². The molecule has 3 rings (SSSR count). The molecule has 17 heavy (non-hydrogen) atoms. The number of benzene rings is 1. The van der Waals surface area contributed by atoms with Crippen molar-refractivity contribution in [1.29, 1.82) is 0 Å². The third kappa shape index (κ3) is 2.78. The highest BCUT2D eigenvalue weighted by Gasteiger charge is 2.20. The maximum atomic E-state index is 5.86. The lowest BCUT2D eigenvalue weighted by Gasteiger charge is -2.26. The fourth-order valence-electron chi connectivity index (χ4n) is 2.43. The van der Waals surface area contributed by atoms with E-state index >= 15 is 0 Å². The summed E-state index contributed by atoms with van der Waals surface area (Å²) in [6.45, 7) is 2.30. The molecule has 1 N–H and O–H groups in total. The summed E-state index contributed by atoms with van der Waals surface area (Å²) in [5, 5.41) is 3.46. The molecule has 2 aliphatic rings. The van der Waals surface area contributed by atoms with Crippen LogP contribution in [0.1, 0.15) is 24.3 Å². The summed E-state index contributed by atoms with van der Waals surface area (Å²) in [7, 11) is 0. The Kier molecular flexibility index (Phi) is 3.57. The van der Waals surface area contributed by atoms with E-state index in [1.807, 2.05) is 11.8 Å². The predicted molar refractivity (Wildman–Crippen MR) is 73.0 cm³/mol. The van der Waals surface area contributed by atoms with Gasteiger partial charge in [-0.05, 0) is 43.0 Å². The molecule has 1 aromatic rings. The molecule has 0 radical (unpaired) electrons. The molecule has 0 saturated carbocycles. The van der Waals surface area contributed by atoms with Crippen molar-refractivity contribution in [2.45, 2.75) is 24.9 Å². The Morgan fingerprint density at radius 2 is 2.00 bits per heavy atom. The zero-order valence-corrected chi connectivity index (χ0v) is 10.8. The Morgan fingerprint density at radius 3 is 2.59 bits per heavy atom. The highest BCUT2D eigenvalue weighted by Crippen LogP contribution is 2.27. The zero-order valence-electron chi connectivity index (χ0n) is 10.0. The smallest absolute Gasteiger partial charge is 0.119 e. The van der Waals surface area contributed by atoms with Gasteiger partial charge in [0.25, 0.3) is 0 Å². The van der Waals surface area contributed by atoms with Gasteiger partial charge in [-0.3, -0.25) is 0 Å². The highest BCUT2D eigenvalue weighted by atomic mass is 32.2. The first kappa shape index (κ1) is 11.4. The largest absolute Gasteiger partial charge is 0.489 e. The number of nitrogens with one attached hydrogen (secondary N) is 1. The lowest BCUT2D eigenvalue weighted by Crippen LogP contribution is -2.31. The van der Waals surface area contributed by atoms with Crippen molar-refractivity contribution in [2.75, 3.05) is 24.6 Å². The van der Waals surface area contributed by atoms with Crippen LogP contribution in [0.3, 0.4) is 0 Å². The molecule has 0 bridgehead atoms. The minimum atomic E-state index is 0.446. The number of piperidine rings is 1. The normalized spacial score (nSPS) is 25.3. The first-order chi connectivity index (χ1) is 8.42. The molecule has 2 heterocycles. The van der Waals surface area contributed by atoms with Gasteiger partial charge in [0, 0.05) is 18.1 Å². The topological polar surface area (TPSA) is 21.3 Å². The molecule has 0 aromatic heterocycles. The summed E-state index contributed by atoms with van der Waals surface area (Å²) < 4.78 is 5.86. The van der Waals surface area contributed by atoms with Crippen LogP contribution in [-0.2, 0) is 0 Å². The maximum absolute atomic E-state index is 5.86. The molecule has 2 fully saturated rings. The average molecular weight is 249 g/mol. The highest BCUT2D eigenvalue weighted by molar-refractivity contribution is 8.00. The quantitative estimate of drug-likeness (QED) is 0.890. The molecule has 1 unspecified atom stereocenters. The minimum absolute atomic E-state index is 0.446. The van der Waals surface area contributed by atoms with E-state index in [1.165, 1.54) is 24.9 Å². The van der Waals surface area contributed by atoms with Crippen LogP contribution in [0, 0.1) is 0 Å². The standard InChI is InChI=1S/C14H19NOS/c1-2-12(8-15-7-1)11-3-5-13(6-4-11)16-14-9-17-10-14/h3-6,12,14-15H,1-2,7-10H2. The van der Waals surface area contributed by atoms with Gasteiger partial charge >= 0.3 is 0 Å². The average Bonchev–Trinajstić information content (AvgIpc) is 2.36. The molecule has 0 spiro atoms. The van der Waals surface area contributed by atoms with Crippen LogP contribution < -0.4 is 10.1 Å². The molecule has 1 atom stereocenters. The van der Waals surface area contributed by atoms with Crippen molar-refractivity contribution in [2.24, 2.45) is 0 Å². The van der Waals surface area contributed by atoms with E-state index in [0.717, 1.165) is 23.8 Å². The molecule has 3 heteroatoms. The van der Waals surface area contributed by atoms with Crippen LogP contribution in [0.5, 0.6) is 5.75 Å². The van der Waals surface area contributed by atoms with Gasteiger partial charge in [0.1, 0.15) is 11.9 Å². The van der Waals surface area contributed by atoms with E-state index in [4.69, 9.17) is 4.74 Å². The van der Waals surface area contributed by atoms with Gasteiger partial charge in [-0.15, -0.1) is 0 Å². The van der Waals surface area contributed by atoms with Crippen LogP contribution in [0.15, 0.2) is 24.3 Å². The molecule has 92 valence electrons. The first-order valence-corrected chi connectivity index (χ1v) is 7.62. The number of ether oxygens (including phenoxy) is 1. The summed E-state index contributed by atoms with van der Waals surface area (Å²) in [6.07, 6.45) is 3.05. The minimum Gasteiger partial charge on any atom is -0.489 e. The predicted octanol–water partition coefficient (Wildman–Crippen LogP) is 2.65. The Bertz CT molecular complexity index is 355. The number of hydrogen-bond acceptors (Lipinski definition) is 3. The van der Waals surface area contributed by atoms with Crippen molar-refractivity contribution in [3.8, 4) is 5.75 Å². The maximum Gasteiger partial charge on any atom is 0.119 e. The monoisotopic (exact) mass is 249 g/mol. The van der Waals surface area contributed by atoms with Crippen molar-refractivity contribution >= 4 is 11.8 Å². The Labute approximate surface area is 107 Å². The van der Waals surface area contributed by atoms with E-state index in [2.05, 4.69) is 29.6 Å². The summed E-state index contributed by atoms with van der Waals surface area (Å²) in [6, 6.07) is 8.73. The summed E-state index contributed by atoms with van der Waals surface area (Å²) in [4.78, 5) is 0. The van der Waals surface area contributed by atoms with Crippen LogP contribution in [0.25, 0.3) is 0 Å². The second-order valence-corrected chi connectivity index (χ2v) is 5.96. The van der Waals surface area contributed by atoms with Crippen molar-refractivity contribution in [1.82, 2.24) is 5.32 Å². The Morgan fingerprint density at radius 1 is 1.18 bits per heavy atom. The second kappa shape index (κ2) is 5.32. The van der Waals surface area contributed by atoms with E-state index in [9.17, 15) is 0 Å². The molecule has 2 nitrogen and oxygen atoms in total. The third-order valence-electron chi connectivity index (χ3n) is 3.56. The second-order valence-electron chi connectivity index (χ2n) is 4.89. The van der Waals surface area contributed by atoms with Gasteiger partial charge in [0.15, 0.2) is 0 Å². The first-order valence-electron chi connectivity index (χ1n) is 6.47. The Hall–Kier alpha value is -0.670. The van der Waals surface area contributed by atoms with Gasteiger partial charge in [0.05, 0.1) is 0 Å². The lowest BCUT2D eigenvalue weighted by molar-refractivity contribution is 0.240. The van der Waals surface area contributed by atoms with Crippen molar-refractivity contribution in [3.05, 3.63) is 29.8 Å². The third-order valence-corrected chi connectivity index (χ3v) is 4.77. The van der Waals surface area contributed by atoms with Gasteiger partial charge in [-0.1, -0.05) is 12.1 Å². The van der Waals surface area contributed by atoms with Crippen LogP contribution in [0.2, 0.25) is 0 Å². The summed E-state index contributed by atoms with van der Waals surface area (Å²) >= 11 is 1.96. The van der Waals surface area contributed by atoms with Gasteiger partial charge in [-0.2, -0.15) is 11.8 Å². The molecule has 2 saturated heterocycles. The van der Waals surface area contributed by atoms with Crippen LogP contribution >= 0.6 is 11.8 Å². The Balaban J connectivity index is 1.62. The van der Waals surface area contributed by atoms with Gasteiger partial charge < -0.3 is 10.1 Å². The number of thioether (sulfide) groups is 1. The summed E-state index contributed by atoms with van der Waals surface area (Å²) in [5.74, 6) is 4.02. The molecule has 2 aliphatic heterocycles. The van der Waals surface area contributed by atoms with Gasteiger partial charge in [-0.25, -0.2) is 0 Å². The SMILES string of the molecule is c1cc(C2CCCNC2)ccc1OC1CSC1. The molecular weight excluding hydrogens is 230 g/mol. The van der Waals surface area contributed by atoms with Gasteiger partial charge in [0.2, 0.25) is 0 Å². The van der Waals surface area contributed by atoms with E-state index in [-0.39, 0.29) is 0 Å². The molecule has 0 amide bonds.